The average Bonchev–Trinajstić information content (AvgIpc) is 2.64. The third kappa shape index (κ3) is 1.40. The number of ether oxygens (including phenoxy) is 1. The van der Waals surface area contributed by atoms with Gasteiger partial charge < -0.3 is 9.84 Å². The van der Waals surface area contributed by atoms with E-state index >= 15 is 0 Å². The number of aliphatic hydroxyl groups is 1. The predicted octanol–water partition coefficient (Wildman–Crippen LogP) is 1.96. The zero-order valence-corrected chi connectivity index (χ0v) is 8.62. The van der Waals surface area contributed by atoms with Crippen LogP contribution in [0.2, 0.25) is 0 Å². The molecule has 2 aliphatic rings. The van der Waals surface area contributed by atoms with Gasteiger partial charge in [0, 0.05) is 12.5 Å². The van der Waals surface area contributed by atoms with E-state index in [9.17, 15) is 5.11 Å². The van der Waals surface area contributed by atoms with E-state index in [1.165, 1.54) is 0 Å². The van der Waals surface area contributed by atoms with Gasteiger partial charge in [-0.25, -0.2) is 0 Å². The van der Waals surface area contributed by atoms with E-state index in [-0.39, 0.29) is 5.60 Å². The molecule has 0 aromatic heterocycles. The van der Waals surface area contributed by atoms with Crippen molar-refractivity contribution in [3.05, 3.63) is 0 Å². The molecule has 1 saturated heterocycles. The molecular weight excluding hydrogens is 164 g/mol. The van der Waals surface area contributed by atoms with Crippen LogP contribution in [0.25, 0.3) is 0 Å². The van der Waals surface area contributed by atoms with Crippen LogP contribution in [-0.2, 0) is 4.74 Å². The van der Waals surface area contributed by atoms with Crippen LogP contribution >= 0.6 is 0 Å². The average molecular weight is 184 g/mol. The van der Waals surface area contributed by atoms with E-state index in [0.717, 1.165) is 32.3 Å². The summed E-state index contributed by atoms with van der Waals surface area (Å²) in [5, 5.41) is 10.3. The summed E-state index contributed by atoms with van der Waals surface area (Å²) < 4.78 is 5.61. The van der Waals surface area contributed by atoms with E-state index in [1.54, 1.807) is 0 Å². The molecule has 0 aromatic rings. The molecule has 1 aliphatic carbocycles. The SMILES string of the molecule is CCC1OCCC1C1(O)CC1CC. The molecule has 13 heavy (non-hydrogen) atoms. The summed E-state index contributed by atoms with van der Waals surface area (Å²) in [5.41, 5.74) is -0.355. The number of hydrogen-bond donors (Lipinski definition) is 1. The van der Waals surface area contributed by atoms with Gasteiger partial charge in [-0.2, -0.15) is 0 Å². The van der Waals surface area contributed by atoms with Crippen LogP contribution in [0.3, 0.4) is 0 Å². The minimum Gasteiger partial charge on any atom is -0.389 e. The van der Waals surface area contributed by atoms with E-state index in [4.69, 9.17) is 4.74 Å². The molecule has 1 heterocycles. The topological polar surface area (TPSA) is 29.5 Å². The molecule has 2 nitrogen and oxygen atoms in total. The first-order chi connectivity index (χ1) is 6.22. The largest absolute Gasteiger partial charge is 0.389 e. The Hall–Kier alpha value is -0.0800. The van der Waals surface area contributed by atoms with Gasteiger partial charge in [-0.05, 0) is 25.2 Å². The molecule has 0 aromatic carbocycles. The highest BCUT2D eigenvalue weighted by molar-refractivity contribution is 5.09. The van der Waals surface area contributed by atoms with E-state index in [1.807, 2.05) is 0 Å². The van der Waals surface area contributed by atoms with Gasteiger partial charge in [-0.1, -0.05) is 20.3 Å². The molecule has 0 radical (unpaired) electrons. The Balaban J connectivity index is 2.00. The maximum absolute atomic E-state index is 10.3. The normalized spacial score (nSPS) is 49.6. The minimum atomic E-state index is -0.355. The quantitative estimate of drug-likeness (QED) is 0.726. The van der Waals surface area contributed by atoms with Gasteiger partial charge >= 0.3 is 0 Å². The Morgan fingerprint density at radius 3 is 2.69 bits per heavy atom. The zero-order valence-electron chi connectivity index (χ0n) is 8.62. The first-order valence-electron chi connectivity index (χ1n) is 5.56. The van der Waals surface area contributed by atoms with Gasteiger partial charge in [-0.3, -0.25) is 0 Å². The monoisotopic (exact) mass is 184 g/mol. The lowest BCUT2D eigenvalue weighted by Gasteiger charge is -2.23. The molecule has 2 heteroatoms. The van der Waals surface area contributed by atoms with Crippen LogP contribution < -0.4 is 0 Å². The van der Waals surface area contributed by atoms with Crippen molar-refractivity contribution in [3.63, 3.8) is 0 Å². The zero-order chi connectivity index (χ0) is 9.47. The molecule has 0 amide bonds. The lowest BCUT2D eigenvalue weighted by molar-refractivity contribution is 0.00752. The van der Waals surface area contributed by atoms with E-state index < -0.39 is 0 Å². The van der Waals surface area contributed by atoms with Crippen LogP contribution in [-0.4, -0.2) is 23.4 Å². The highest BCUT2D eigenvalue weighted by atomic mass is 16.5. The molecule has 2 fully saturated rings. The molecule has 1 saturated carbocycles. The summed E-state index contributed by atoms with van der Waals surface area (Å²) in [6, 6.07) is 0. The standard InChI is InChI=1S/C11H20O2/c1-3-8-7-11(8,12)9-5-6-13-10(9)4-2/h8-10,12H,3-7H2,1-2H3. The molecule has 1 aliphatic heterocycles. The smallest absolute Gasteiger partial charge is 0.0734 e. The van der Waals surface area contributed by atoms with Crippen molar-refractivity contribution in [2.75, 3.05) is 6.61 Å². The van der Waals surface area contributed by atoms with Gasteiger partial charge in [0.15, 0.2) is 0 Å². The van der Waals surface area contributed by atoms with E-state index in [0.29, 0.717) is 17.9 Å². The fraction of sp³-hybridized carbons (Fsp3) is 1.00. The summed E-state index contributed by atoms with van der Waals surface area (Å²) in [4.78, 5) is 0. The summed E-state index contributed by atoms with van der Waals surface area (Å²) in [5.74, 6) is 0.968. The van der Waals surface area contributed by atoms with Gasteiger partial charge in [0.25, 0.3) is 0 Å². The van der Waals surface area contributed by atoms with Crippen LogP contribution in [0, 0.1) is 11.8 Å². The number of rotatable bonds is 3. The molecule has 1 N–H and O–H groups in total. The molecule has 4 unspecified atom stereocenters. The fourth-order valence-corrected chi connectivity index (χ4v) is 2.91. The second-order valence-electron chi connectivity index (χ2n) is 4.51. The second-order valence-corrected chi connectivity index (χ2v) is 4.51. The van der Waals surface area contributed by atoms with Crippen molar-refractivity contribution in [2.24, 2.45) is 11.8 Å². The lowest BCUT2D eigenvalue weighted by Crippen LogP contribution is -2.31. The van der Waals surface area contributed by atoms with Gasteiger partial charge in [0.05, 0.1) is 11.7 Å². The first-order valence-corrected chi connectivity index (χ1v) is 5.56. The van der Waals surface area contributed by atoms with Crippen molar-refractivity contribution in [2.45, 2.75) is 51.2 Å². The second kappa shape index (κ2) is 3.25. The van der Waals surface area contributed by atoms with Crippen molar-refractivity contribution in [3.8, 4) is 0 Å². The molecule has 2 rings (SSSR count). The third-order valence-electron chi connectivity index (χ3n) is 3.87. The molecular formula is C11H20O2. The predicted molar refractivity (Wildman–Crippen MR) is 51.5 cm³/mol. The highest BCUT2D eigenvalue weighted by Crippen LogP contribution is 2.54. The third-order valence-corrected chi connectivity index (χ3v) is 3.87. The molecule has 0 spiro atoms. The summed E-state index contributed by atoms with van der Waals surface area (Å²) in [7, 11) is 0. The Kier molecular flexibility index (Phi) is 2.37. The first kappa shape index (κ1) is 9.47. The van der Waals surface area contributed by atoms with Crippen LogP contribution in [0.4, 0.5) is 0 Å². The summed E-state index contributed by atoms with van der Waals surface area (Å²) >= 11 is 0. The van der Waals surface area contributed by atoms with Crippen LogP contribution in [0.15, 0.2) is 0 Å². The molecule has 0 bridgehead atoms. The van der Waals surface area contributed by atoms with Gasteiger partial charge in [-0.15, -0.1) is 0 Å². The van der Waals surface area contributed by atoms with Crippen molar-refractivity contribution < 1.29 is 9.84 Å². The Bertz CT molecular complexity index is 193. The summed E-state index contributed by atoms with van der Waals surface area (Å²) in [6.45, 7) is 5.16. The van der Waals surface area contributed by atoms with Crippen molar-refractivity contribution >= 4 is 0 Å². The fourth-order valence-electron chi connectivity index (χ4n) is 2.91. The van der Waals surface area contributed by atoms with Gasteiger partial charge in [0.2, 0.25) is 0 Å². The van der Waals surface area contributed by atoms with Crippen LogP contribution in [0.5, 0.6) is 0 Å². The highest BCUT2D eigenvalue weighted by Gasteiger charge is 2.59. The lowest BCUT2D eigenvalue weighted by atomic mass is 9.89. The Morgan fingerprint density at radius 1 is 1.38 bits per heavy atom. The van der Waals surface area contributed by atoms with Gasteiger partial charge in [0.1, 0.15) is 0 Å². The number of hydrogen-bond acceptors (Lipinski definition) is 2. The van der Waals surface area contributed by atoms with E-state index in [2.05, 4.69) is 13.8 Å². The maximum Gasteiger partial charge on any atom is 0.0734 e. The maximum atomic E-state index is 10.3. The van der Waals surface area contributed by atoms with Crippen molar-refractivity contribution in [1.29, 1.82) is 0 Å². The summed E-state index contributed by atoms with van der Waals surface area (Å²) in [6.07, 6.45) is 4.55. The minimum absolute atomic E-state index is 0.321. The molecule has 76 valence electrons. The van der Waals surface area contributed by atoms with Crippen LogP contribution in [0.1, 0.15) is 39.5 Å². The van der Waals surface area contributed by atoms with Crippen molar-refractivity contribution in [1.82, 2.24) is 0 Å². The molecule has 4 atom stereocenters. The Morgan fingerprint density at radius 2 is 2.15 bits per heavy atom. The Labute approximate surface area is 80.3 Å².